The molecule has 0 bridgehead atoms. The van der Waals surface area contributed by atoms with E-state index in [4.69, 9.17) is 4.74 Å². The van der Waals surface area contributed by atoms with Crippen molar-refractivity contribution >= 4 is 16.2 Å². The van der Waals surface area contributed by atoms with Crippen LogP contribution in [0.25, 0.3) is 0 Å². The number of ether oxygens (including phenoxy) is 1. The van der Waals surface area contributed by atoms with Gasteiger partial charge >= 0.3 is 6.09 Å². The highest BCUT2D eigenvalue weighted by Gasteiger charge is 2.18. The lowest BCUT2D eigenvalue weighted by Crippen LogP contribution is -2.27. The summed E-state index contributed by atoms with van der Waals surface area (Å²) in [5.74, 6) is 0. The van der Waals surface area contributed by atoms with Crippen LogP contribution in [-0.4, -0.2) is 36.1 Å². The minimum atomic E-state index is -3.52. The summed E-state index contributed by atoms with van der Waals surface area (Å²) in [5.41, 5.74) is -0.154. The Morgan fingerprint density at radius 2 is 2.06 bits per heavy atom. The second kappa shape index (κ2) is 5.07. The number of carbonyl (C=O) groups is 1. The van der Waals surface area contributed by atoms with E-state index >= 15 is 0 Å². The van der Waals surface area contributed by atoms with Crippen LogP contribution in [0.4, 0.5) is 4.79 Å². The predicted molar refractivity (Wildman–Crippen MR) is 63.5 cm³/mol. The highest BCUT2D eigenvalue weighted by molar-refractivity contribution is 7.85. The first-order valence-electron chi connectivity index (χ1n) is 5.18. The summed E-state index contributed by atoms with van der Waals surface area (Å²) in [4.78, 5) is 11.6. The highest BCUT2D eigenvalue weighted by atomic mass is 32.2. The second-order valence-corrected chi connectivity index (χ2v) is 6.38. The van der Waals surface area contributed by atoms with E-state index in [1.807, 2.05) is 0 Å². The molecule has 1 aromatic rings. The molecule has 0 aliphatic rings. The fourth-order valence-corrected chi connectivity index (χ4v) is 1.37. The third kappa shape index (κ3) is 5.28. The maximum Gasteiger partial charge on any atom is 0.435 e. The second-order valence-electron chi connectivity index (χ2n) is 4.74. The zero-order chi connectivity index (χ0) is 14.0. The van der Waals surface area contributed by atoms with Gasteiger partial charge in [0.05, 0.1) is 19.1 Å². The minimum absolute atomic E-state index is 0.165. The number of carbonyl (C=O) groups excluding carboxylic acids is 1. The van der Waals surface area contributed by atoms with Crippen molar-refractivity contribution in [2.75, 3.05) is 6.26 Å². The van der Waals surface area contributed by atoms with Gasteiger partial charge in [-0.1, -0.05) is 0 Å². The van der Waals surface area contributed by atoms with E-state index in [0.29, 0.717) is 5.56 Å². The molecule has 1 aromatic heterocycles. The van der Waals surface area contributed by atoms with Gasteiger partial charge in [-0.15, -0.1) is 0 Å². The van der Waals surface area contributed by atoms with Gasteiger partial charge in [-0.05, 0) is 20.8 Å². The maximum absolute atomic E-state index is 11.6. The monoisotopic (exact) mass is 276 g/mol. The van der Waals surface area contributed by atoms with Crippen LogP contribution in [0, 0.1) is 0 Å². The summed E-state index contributed by atoms with van der Waals surface area (Å²) in [6.45, 7) is 5.05. The topological polar surface area (TPSA) is 87.5 Å². The first kappa shape index (κ1) is 14.7. The fraction of sp³-hybridized carbons (Fsp3) is 0.600. The van der Waals surface area contributed by atoms with Crippen LogP contribution >= 0.6 is 0 Å². The molecule has 0 aromatic carbocycles. The Kier molecular flexibility index (Phi) is 4.12. The number of aromatic nitrogens is 2. The lowest BCUT2D eigenvalue weighted by Gasteiger charge is -2.18. The number of nitrogens with zero attached hydrogens (tertiary/aromatic N) is 2. The summed E-state index contributed by atoms with van der Waals surface area (Å²) in [5, 5.41) is 3.77. The quantitative estimate of drug-likeness (QED) is 0.769. The van der Waals surface area contributed by atoms with Crippen molar-refractivity contribution in [3.63, 3.8) is 0 Å². The van der Waals surface area contributed by atoms with Gasteiger partial charge in [0.2, 0.25) is 0 Å². The summed E-state index contributed by atoms with van der Waals surface area (Å²) >= 11 is 0. The molecule has 0 saturated heterocycles. The Hall–Kier alpha value is -1.41. The number of hydrogen-bond acceptors (Lipinski definition) is 6. The third-order valence-electron chi connectivity index (χ3n) is 1.66. The molecule has 1 heterocycles. The third-order valence-corrected chi connectivity index (χ3v) is 2.20. The van der Waals surface area contributed by atoms with Crippen molar-refractivity contribution in [3.05, 3.63) is 18.0 Å². The van der Waals surface area contributed by atoms with E-state index in [9.17, 15) is 13.2 Å². The van der Waals surface area contributed by atoms with Gasteiger partial charge in [0, 0.05) is 11.8 Å². The van der Waals surface area contributed by atoms with E-state index in [0.717, 1.165) is 10.9 Å². The van der Waals surface area contributed by atoms with Crippen molar-refractivity contribution in [1.82, 2.24) is 9.78 Å². The van der Waals surface area contributed by atoms with E-state index < -0.39 is 21.8 Å². The molecule has 18 heavy (non-hydrogen) atoms. The molecule has 0 atom stereocenters. The first-order valence-corrected chi connectivity index (χ1v) is 7.00. The van der Waals surface area contributed by atoms with Crippen molar-refractivity contribution in [2.45, 2.75) is 33.0 Å². The summed E-state index contributed by atoms with van der Waals surface area (Å²) in [6, 6.07) is 0. The number of rotatable bonds is 3. The summed E-state index contributed by atoms with van der Waals surface area (Å²) in [7, 11) is -3.52. The highest BCUT2D eigenvalue weighted by Crippen LogP contribution is 2.09. The predicted octanol–water partition coefficient (Wildman–Crippen LogP) is 1.14. The molecule has 0 spiro atoms. The fourth-order valence-electron chi connectivity index (χ4n) is 1.02. The zero-order valence-corrected chi connectivity index (χ0v) is 11.5. The van der Waals surface area contributed by atoms with E-state index in [1.165, 1.54) is 12.4 Å². The Balaban J connectivity index is 2.66. The molecule has 0 aliphatic heterocycles. The van der Waals surface area contributed by atoms with Crippen LogP contribution in [-0.2, 0) is 25.6 Å². The van der Waals surface area contributed by atoms with Gasteiger partial charge in [-0.3, -0.25) is 4.18 Å². The zero-order valence-electron chi connectivity index (χ0n) is 10.7. The molecule has 1 rings (SSSR count). The minimum Gasteiger partial charge on any atom is -0.442 e. The molecule has 0 unspecified atom stereocenters. The molecule has 8 heteroatoms. The number of hydrogen-bond donors (Lipinski definition) is 0. The molecule has 0 amide bonds. The van der Waals surface area contributed by atoms with Crippen molar-refractivity contribution in [1.29, 1.82) is 0 Å². The van der Waals surface area contributed by atoms with E-state index in [2.05, 4.69) is 9.28 Å². The molecule has 0 N–H and O–H groups in total. The Morgan fingerprint density at radius 3 is 2.56 bits per heavy atom. The van der Waals surface area contributed by atoms with Gasteiger partial charge in [-0.2, -0.15) is 18.2 Å². The molecule has 102 valence electrons. The molecule has 0 aliphatic carbocycles. The van der Waals surface area contributed by atoms with Crippen molar-refractivity contribution < 1.29 is 22.1 Å². The average Bonchev–Trinajstić information content (AvgIpc) is 2.58. The van der Waals surface area contributed by atoms with Crippen LogP contribution < -0.4 is 0 Å². The SMILES string of the molecule is CC(C)(C)OC(=O)n1cc(COS(C)(=O)=O)cn1. The average molecular weight is 276 g/mol. The molecular formula is C10H16N2O5S. The van der Waals surface area contributed by atoms with Gasteiger partial charge in [0.1, 0.15) is 5.60 Å². The molecule has 7 nitrogen and oxygen atoms in total. The Bertz CT molecular complexity index is 527. The van der Waals surface area contributed by atoms with Crippen LogP contribution in [0.15, 0.2) is 12.4 Å². The molecule has 0 radical (unpaired) electrons. The van der Waals surface area contributed by atoms with Crippen molar-refractivity contribution in [3.8, 4) is 0 Å². The molecular weight excluding hydrogens is 260 g/mol. The van der Waals surface area contributed by atoms with Gasteiger partial charge in [0.25, 0.3) is 10.1 Å². The van der Waals surface area contributed by atoms with Gasteiger partial charge < -0.3 is 4.74 Å². The van der Waals surface area contributed by atoms with Crippen molar-refractivity contribution in [2.24, 2.45) is 0 Å². The van der Waals surface area contributed by atoms with Gasteiger partial charge in [-0.25, -0.2) is 4.79 Å². The smallest absolute Gasteiger partial charge is 0.435 e. The molecule has 0 fully saturated rings. The molecule has 0 saturated carbocycles. The Labute approximate surface area is 106 Å². The van der Waals surface area contributed by atoms with Crippen LogP contribution in [0.1, 0.15) is 26.3 Å². The van der Waals surface area contributed by atoms with Crippen LogP contribution in [0.2, 0.25) is 0 Å². The summed E-state index contributed by atoms with van der Waals surface area (Å²) < 4.78 is 32.2. The maximum atomic E-state index is 11.6. The van der Waals surface area contributed by atoms with E-state index in [-0.39, 0.29) is 6.61 Å². The lowest BCUT2D eigenvalue weighted by molar-refractivity contribution is 0.0514. The van der Waals surface area contributed by atoms with Crippen LogP contribution in [0.5, 0.6) is 0 Å². The Morgan fingerprint density at radius 1 is 1.44 bits per heavy atom. The lowest BCUT2D eigenvalue weighted by atomic mass is 10.2. The van der Waals surface area contributed by atoms with E-state index in [1.54, 1.807) is 20.8 Å². The normalized spacial score (nSPS) is 12.4. The standard InChI is InChI=1S/C10H16N2O5S/c1-10(2,3)17-9(13)12-6-8(5-11-12)7-16-18(4,14)15/h5-6H,7H2,1-4H3. The summed E-state index contributed by atoms with van der Waals surface area (Å²) in [6.07, 6.45) is 3.02. The first-order chi connectivity index (χ1) is 8.07. The van der Waals surface area contributed by atoms with Gasteiger partial charge in [0.15, 0.2) is 0 Å². The largest absolute Gasteiger partial charge is 0.442 e. The van der Waals surface area contributed by atoms with Crippen LogP contribution in [0.3, 0.4) is 0 Å².